The minimum Gasteiger partial charge on any atom is -0.396 e. The van der Waals surface area contributed by atoms with Crippen molar-refractivity contribution < 1.29 is 19.0 Å². The number of rotatable bonds is 12. The molecule has 37 heavy (non-hydrogen) atoms. The van der Waals surface area contributed by atoms with Crippen LogP contribution < -0.4 is 10.6 Å². The van der Waals surface area contributed by atoms with E-state index in [2.05, 4.69) is 10.6 Å². The molecular formula is C30H35FN2O3S. The summed E-state index contributed by atoms with van der Waals surface area (Å²) in [5.41, 5.74) is 0.819. The van der Waals surface area contributed by atoms with Gasteiger partial charge in [-0.2, -0.15) is 0 Å². The third-order valence-electron chi connectivity index (χ3n) is 6.61. The van der Waals surface area contributed by atoms with Gasteiger partial charge < -0.3 is 15.2 Å². The van der Waals surface area contributed by atoms with Gasteiger partial charge in [0.15, 0.2) is 5.11 Å². The van der Waals surface area contributed by atoms with Crippen LogP contribution in [-0.2, 0) is 16.9 Å². The van der Waals surface area contributed by atoms with E-state index in [-0.39, 0.29) is 23.5 Å². The number of amides is 1. The Morgan fingerprint density at radius 3 is 2.27 bits per heavy atom. The van der Waals surface area contributed by atoms with Crippen molar-refractivity contribution in [2.45, 2.75) is 38.8 Å². The monoisotopic (exact) mass is 522 g/mol. The van der Waals surface area contributed by atoms with E-state index < -0.39 is 17.3 Å². The Labute approximate surface area is 224 Å². The Kier molecular flexibility index (Phi) is 10.7. The molecule has 0 saturated heterocycles. The zero-order valence-electron chi connectivity index (χ0n) is 21.3. The number of carbonyl (C=O) groups is 1. The van der Waals surface area contributed by atoms with Gasteiger partial charge in [-0.25, -0.2) is 4.39 Å². The molecule has 3 rings (SSSR count). The predicted molar refractivity (Wildman–Crippen MR) is 148 cm³/mol. The molecule has 3 N–H and O–H groups in total. The van der Waals surface area contributed by atoms with Crippen LogP contribution in [0.1, 0.15) is 48.2 Å². The lowest BCUT2D eigenvalue weighted by Gasteiger charge is -2.45. The summed E-state index contributed by atoms with van der Waals surface area (Å²) in [6.07, 6.45) is 1.16. The molecule has 196 valence electrons. The van der Waals surface area contributed by atoms with Gasteiger partial charge in [-0.15, -0.1) is 0 Å². The van der Waals surface area contributed by atoms with Gasteiger partial charge in [-0.05, 0) is 48.3 Å². The number of halogens is 1. The number of aliphatic hydroxyl groups excluding tert-OH is 1. The van der Waals surface area contributed by atoms with Gasteiger partial charge in [0.1, 0.15) is 5.82 Å². The Morgan fingerprint density at radius 2 is 1.65 bits per heavy atom. The maximum Gasteiger partial charge on any atom is 0.257 e. The normalized spacial score (nSPS) is 14.3. The predicted octanol–water partition coefficient (Wildman–Crippen LogP) is 5.59. The number of thiocarbonyl (C=S) groups is 1. The first kappa shape index (κ1) is 28.4. The van der Waals surface area contributed by atoms with E-state index in [1.807, 2.05) is 50.2 Å². The van der Waals surface area contributed by atoms with Crippen LogP contribution in [0.2, 0.25) is 0 Å². The lowest BCUT2D eigenvalue weighted by Crippen LogP contribution is -2.58. The zero-order valence-corrected chi connectivity index (χ0v) is 22.1. The zero-order chi connectivity index (χ0) is 26.7. The maximum atomic E-state index is 15.3. The number of carbonyl (C=O) groups excluding carboxylic acids is 1. The van der Waals surface area contributed by atoms with Gasteiger partial charge in [0.05, 0.1) is 18.8 Å². The average molecular weight is 523 g/mol. The number of ether oxygens (including phenoxy) is 1. The molecule has 1 amide bonds. The summed E-state index contributed by atoms with van der Waals surface area (Å²) in [6, 6.07) is 25.1. The molecule has 0 radical (unpaired) electrons. The molecule has 0 fully saturated rings. The van der Waals surface area contributed by atoms with E-state index >= 15 is 4.39 Å². The summed E-state index contributed by atoms with van der Waals surface area (Å²) >= 11 is 5.56. The van der Waals surface area contributed by atoms with Crippen LogP contribution in [0.4, 0.5) is 4.39 Å². The average Bonchev–Trinajstić information content (AvgIpc) is 2.90. The number of benzene rings is 3. The Hall–Kier alpha value is -3.13. The van der Waals surface area contributed by atoms with Crippen LogP contribution in [0.3, 0.4) is 0 Å². The standard InChI is InChI=1S/C30H35FN2O3S/c1-3-18-30(25-16-10-11-17-27(25)31,33-29(37)32-28(35)24-14-8-5-9-15-24)26(19-34)22(2)20-36-21-23-12-6-4-7-13-23/h4-17,22,26,34H,3,18-21H2,1-2H3,(H2,32,33,35,37). The second-order valence-corrected chi connectivity index (χ2v) is 9.65. The van der Waals surface area contributed by atoms with Crippen molar-refractivity contribution in [1.82, 2.24) is 10.6 Å². The Balaban J connectivity index is 1.88. The topological polar surface area (TPSA) is 70.6 Å². The molecule has 0 aromatic heterocycles. The smallest absolute Gasteiger partial charge is 0.257 e. The first-order valence-corrected chi connectivity index (χ1v) is 13.0. The van der Waals surface area contributed by atoms with E-state index in [0.29, 0.717) is 37.2 Å². The van der Waals surface area contributed by atoms with E-state index in [0.717, 1.165) is 5.56 Å². The van der Waals surface area contributed by atoms with E-state index in [9.17, 15) is 9.90 Å². The molecule has 3 aromatic carbocycles. The number of aliphatic hydroxyl groups is 1. The highest BCUT2D eigenvalue weighted by Crippen LogP contribution is 2.40. The van der Waals surface area contributed by atoms with Crippen molar-refractivity contribution in [2.75, 3.05) is 13.2 Å². The Morgan fingerprint density at radius 1 is 1.03 bits per heavy atom. The second-order valence-electron chi connectivity index (χ2n) is 9.24. The fourth-order valence-corrected chi connectivity index (χ4v) is 5.11. The lowest BCUT2D eigenvalue weighted by molar-refractivity contribution is 0.0172. The van der Waals surface area contributed by atoms with Crippen LogP contribution in [0.25, 0.3) is 0 Å². The first-order chi connectivity index (χ1) is 17.9. The Bertz CT molecular complexity index is 1150. The molecule has 0 spiro atoms. The highest BCUT2D eigenvalue weighted by molar-refractivity contribution is 7.80. The summed E-state index contributed by atoms with van der Waals surface area (Å²) in [6.45, 7) is 4.53. The van der Waals surface area contributed by atoms with E-state index in [1.165, 1.54) is 6.07 Å². The van der Waals surface area contributed by atoms with Crippen LogP contribution in [0.5, 0.6) is 0 Å². The minimum atomic E-state index is -1.08. The van der Waals surface area contributed by atoms with Crippen molar-refractivity contribution in [3.05, 3.63) is 107 Å². The summed E-state index contributed by atoms with van der Waals surface area (Å²) in [5, 5.41) is 16.7. The van der Waals surface area contributed by atoms with Crippen LogP contribution in [0, 0.1) is 17.7 Å². The number of hydrogen-bond donors (Lipinski definition) is 3. The van der Waals surface area contributed by atoms with Gasteiger partial charge in [0, 0.05) is 23.7 Å². The van der Waals surface area contributed by atoms with Crippen molar-refractivity contribution in [2.24, 2.45) is 11.8 Å². The quantitative estimate of drug-likeness (QED) is 0.271. The van der Waals surface area contributed by atoms with Gasteiger partial charge >= 0.3 is 0 Å². The van der Waals surface area contributed by atoms with Crippen LogP contribution in [0.15, 0.2) is 84.9 Å². The third kappa shape index (κ3) is 7.44. The molecule has 0 aliphatic carbocycles. The lowest BCUT2D eigenvalue weighted by atomic mass is 9.70. The molecule has 7 heteroatoms. The molecule has 3 unspecified atom stereocenters. The molecule has 0 saturated carbocycles. The van der Waals surface area contributed by atoms with Crippen LogP contribution >= 0.6 is 12.2 Å². The molecule has 0 aliphatic heterocycles. The fraction of sp³-hybridized carbons (Fsp3) is 0.333. The SMILES string of the molecule is CCCC(NC(=S)NC(=O)c1ccccc1)(c1ccccc1F)C(CO)C(C)COCc1ccccc1. The first-order valence-electron chi connectivity index (χ1n) is 12.6. The number of hydrogen-bond acceptors (Lipinski definition) is 4. The number of nitrogens with one attached hydrogen (secondary N) is 2. The highest BCUT2D eigenvalue weighted by Gasteiger charge is 2.44. The van der Waals surface area contributed by atoms with Gasteiger partial charge in [0.2, 0.25) is 0 Å². The summed E-state index contributed by atoms with van der Waals surface area (Å²) in [5.74, 6) is -1.40. The molecule has 0 heterocycles. The van der Waals surface area contributed by atoms with Crippen molar-refractivity contribution in [3.63, 3.8) is 0 Å². The molecular weight excluding hydrogens is 487 g/mol. The molecule has 3 aromatic rings. The summed E-state index contributed by atoms with van der Waals surface area (Å²) in [7, 11) is 0. The van der Waals surface area contributed by atoms with Gasteiger partial charge in [0.25, 0.3) is 5.91 Å². The molecule has 0 bridgehead atoms. The van der Waals surface area contributed by atoms with Gasteiger partial charge in [-0.1, -0.05) is 87.0 Å². The van der Waals surface area contributed by atoms with Crippen LogP contribution in [-0.4, -0.2) is 29.3 Å². The largest absolute Gasteiger partial charge is 0.396 e. The maximum absolute atomic E-state index is 15.3. The minimum absolute atomic E-state index is 0.0708. The fourth-order valence-electron chi connectivity index (χ4n) is 4.83. The van der Waals surface area contributed by atoms with E-state index in [1.54, 1.807) is 42.5 Å². The third-order valence-corrected chi connectivity index (χ3v) is 6.81. The molecule has 5 nitrogen and oxygen atoms in total. The van der Waals surface area contributed by atoms with Crippen molar-refractivity contribution in [3.8, 4) is 0 Å². The van der Waals surface area contributed by atoms with E-state index in [4.69, 9.17) is 17.0 Å². The van der Waals surface area contributed by atoms with Crippen molar-refractivity contribution >= 4 is 23.2 Å². The van der Waals surface area contributed by atoms with Gasteiger partial charge in [-0.3, -0.25) is 10.1 Å². The molecule has 0 aliphatic rings. The molecule has 3 atom stereocenters. The van der Waals surface area contributed by atoms with Crippen molar-refractivity contribution in [1.29, 1.82) is 0 Å². The highest BCUT2D eigenvalue weighted by atomic mass is 32.1. The second kappa shape index (κ2) is 14.0. The summed E-state index contributed by atoms with van der Waals surface area (Å²) < 4.78 is 21.3. The summed E-state index contributed by atoms with van der Waals surface area (Å²) in [4.78, 5) is 12.8.